The zero-order chi connectivity index (χ0) is 15.7. The van der Waals surface area contributed by atoms with E-state index in [0.29, 0.717) is 30.4 Å². The van der Waals surface area contributed by atoms with Crippen LogP contribution in [0.1, 0.15) is 13.3 Å². The van der Waals surface area contributed by atoms with Gasteiger partial charge in [0.15, 0.2) is 0 Å². The summed E-state index contributed by atoms with van der Waals surface area (Å²) in [5.41, 5.74) is 0.621. The van der Waals surface area contributed by atoms with Crippen molar-refractivity contribution in [3.63, 3.8) is 0 Å². The average Bonchev–Trinajstić information content (AvgIpc) is 2.69. The quantitative estimate of drug-likeness (QED) is 0.900. The van der Waals surface area contributed by atoms with Gasteiger partial charge in [-0.05, 0) is 37.6 Å². The highest BCUT2D eigenvalue weighted by Gasteiger charge is 2.35. The fraction of sp³-hybridized carbons (Fsp3) is 0.333. The molecule has 3 rings (SSSR count). The Balaban J connectivity index is 2.13. The van der Waals surface area contributed by atoms with E-state index in [9.17, 15) is 13.2 Å². The van der Waals surface area contributed by atoms with E-state index < -0.39 is 16.1 Å². The zero-order valence-corrected chi connectivity index (χ0v) is 13.0. The molecule has 1 aromatic heterocycles. The molecule has 1 saturated heterocycles. The number of carbonyl (C=O) groups is 1. The second-order valence-corrected chi connectivity index (χ2v) is 7.12. The van der Waals surface area contributed by atoms with E-state index in [1.54, 1.807) is 43.5 Å². The van der Waals surface area contributed by atoms with Crippen molar-refractivity contribution in [2.45, 2.75) is 24.3 Å². The third-order valence-electron chi connectivity index (χ3n) is 3.86. The summed E-state index contributed by atoms with van der Waals surface area (Å²) in [5.74, 6) is -0.264. The van der Waals surface area contributed by atoms with Crippen LogP contribution in [0.15, 0.2) is 41.4 Å². The number of rotatable bonds is 2. The highest BCUT2D eigenvalue weighted by atomic mass is 32.2. The molecule has 7 heteroatoms. The van der Waals surface area contributed by atoms with Gasteiger partial charge in [0, 0.05) is 24.7 Å². The monoisotopic (exact) mass is 319 g/mol. The predicted octanol–water partition coefficient (Wildman–Crippen LogP) is 1.13. The first kappa shape index (κ1) is 14.9. The number of sulfonamides is 1. The Kier molecular flexibility index (Phi) is 3.84. The number of hydrogen-bond acceptors (Lipinski definition) is 4. The molecule has 22 heavy (non-hydrogen) atoms. The van der Waals surface area contributed by atoms with E-state index >= 15 is 0 Å². The molecule has 1 aliphatic rings. The molecule has 2 heterocycles. The second-order valence-electron chi connectivity index (χ2n) is 5.26. The van der Waals surface area contributed by atoms with Gasteiger partial charge < -0.3 is 5.32 Å². The van der Waals surface area contributed by atoms with E-state index in [1.807, 2.05) is 0 Å². The summed E-state index contributed by atoms with van der Waals surface area (Å²) in [6.07, 6.45) is 2.22. The Morgan fingerprint density at radius 3 is 2.91 bits per heavy atom. The van der Waals surface area contributed by atoms with Crippen LogP contribution in [-0.4, -0.2) is 42.7 Å². The average molecular weight is 319 g/mol. The van der Waals surface area contributed by atoms with Gasteiger partial charge in [-0.3, -0.25) is 9.78 Å². The lowest BCUT2D eigenvalue weighted by Crippen LogP contribution is -2.45. The normalized spacial score (nSPS) is 20.6. The number of carbonyl (C=O) groups excluding carboxylic acids is 1. The number of nitrogens with one attached hydrogen (secondary N) is 1. The molecular formula is C15H17N3O3S. The number of fused-ring (bicyclic) bond motifs is 1. The van der Waals surface area contributed by atoms with Gasteiger partial charge in [0.05, 0.1) is 10.4 Å². The van der Waals surface area contributed by atoms with Crippen LogP contribution in [0.2, 0.25) is 0 Å². The fourth-order valence-corrected chi connectivity index (χ4v) is 4.51. The number of amides is 1. The molecule has 0 bridgehead atoms. The molecule has 1 aromatic carbocycles. The van der Waals surface area contributed by atoms with Crippen LogP contribution in [0.25, 0.3) is 10.9 Å². The first-order valence-electron chi connectivity index (χ1n) is 7.15. The maximum absolute atomic E-state index is 13.0. The number of pyridine rings is 1. The highest BCUT2D eigenvalue weighted by molar-refractivity contribution is 7.89. The minimum Gasteiger partial charge on any atom is -0.355 e. The molecule has 1 N–H and O–H groups in total. The molecule has 0 spiro atoms. The lowest BCUT2D eigenvalue weighted by Gasteiger charge is -2.25. The molecular weight excluding hydrogens is 302 g/mol. The summed E-state index contributed by atoms with van der Waals surface area (Å²) in [4.78, 5) is 16.3. The van der Waals surface area contributed by atoms with Gasteiger partial charge >= 0.3 is 0 Å². The van der Waals surface area contributed by atoms with E-state index in [0.717, 1.165) is 0 Å². The van der Waals surface area contributed by atoms with Crippen molar-refractivity contribution >= 4 is 26.8 Å². The summed E-state index contributed by atoms with van der Waals surface area (Å²) >= 11 is 0. The summed E-state index contributed by atoms with van der Waals surface area (Å²) in [6.45, 7) is 2.42. The first-order chi connectivity index (χ1) is 10.5. The lowest BCUT2D eigenvalue weighted by atomic mass is 10.2. The first-order valence-corrected chi connectivity index (χ1v) is 8.59. The molecule has 0 saturated carbocycles. The Labute approximate surface area is 129 Å². The highest BCUT2D eigenvalue weighted by Crippen LogP contribution is 2.26. The van der Waals surface area contributed by atoms with Crippen molar-refractivity contribution < 1.29 is 13.2 Å². The number of hydrogen-bond donors (Lipinski definition) is 1. The van der Waals surface area contributed by atoms with Crippen LogP contribution in [0, 0.1) is 0 Å². The summed E-state index contributed by atoms with van der Waals surface area (Å²) in [6, 6.07) is 7.73. The van der Waals surface area contributed by atoms with E-state index in [-0.39, 0.29) is 10.8 Å². The third-order valence-corrected chi connectivity index (χ3v) is 5.89. The SMILES string of the molecule is CC1C(=O)NCCCN1S(=O)(=O)c1cccc2ncccc12. The molecule has 1 unspecified atom stereocenters. The van der Waals surface area contributed by atoms with Crippen LogP contribution in [0.5, 0.6) is 0 Å². The predicted molar refractivity (Wildman–Crippen MR) is 82.7 cm³/mol. The van der Waals surface area contributed by atoms with E-state index in [1.165, 1.54) is 4.31 Å². The van der Waals surface area contributed by atoms with Gasteiger partial charge in [0.25, 0.3) is 0 Å². The molecule has 1 amide bonds. The molecule has 1 aliphatic heterocycles. The number of nitrogens with zero attached hydrogens (tertiary/aromatic N) is 2. The summed E-state index contributed by atoms with van der Waals surface area (Å²) < 4.78 is 27.3. The number of benzene rings is 1. The van der Waals surface area contributed by atoms with Crippen LogP contribution >= 0.6 is 0 Å². The molecule has 1 fully saturated rings. The molecule has 0 radical (unpaired) electrons. The molecule has 0 aliphatic carbocycles. The lowest BCUT2D eigenvalue weighted by molar-refractivity contribution is -0.123. The Morgan fingerprint density at radius 2 is 2.09 bits per heavy atom. The fourth-order valence-electron chi connectivity index (χ4n) is 2.67. The summed E-state index contributed by atoms with van der Waals surface area (Å²) in [5, 5.41) is 3.30. The van der Waals surface area contributed by atoms with Gasteiger partial charge in [0.1, 0.15) is 6.04 Å². The Morgan fingerprint density at radius 1 is 1.27 bits per heavy atom. The molecule has 6 nitrogen and oxygen atoms in total. The largest absolute Gasteiger partial charge is 0.355 e. The van der Waals surface area contributed by atoms with Crippen LogP contribution in [-0.2, 0) is 14.8 Å². The van der Waals surface area contributed by atoms with Crippen LogP contribution < -0.4 is 5.32 Å². The molecule has 2 aromatic rings. The van der Waals surface area contributed by atoms with Gasteiger partial charge in [-0.15, -0.1) is 0 Å². The third kappa shape index (κ3) is 2.46. The standard InChI is InChI=1S/C15H17N3O3S/c1-11-15(19)17-9-4-10-18(11)22(20,21)14-7-2-6-13-12(14)5-3-8-16-13/h2-3,5-8,11H,4,9-10H2,1H3,(H,17,19). The van der Waals surface area contributed by atoms with Gasteiger partial charge in [-0.1, -0.05) is 6.07 Å². The topological polar surface area (TPSA) is 79.4 Å². The minimum absolute atomic E-state index is 0.194. The van der Waals surface area contributed by atoms with Crippen LogP contribution in [0.4, 0.5) is 0 Å². The van der Waals surface area contributed by atoms with Crippen molar-refractivity contribution in [1.29, 1.82) is 0 Å². The maximum atomic E-state index is 13.0. The summed E-state index contributed by atoms with van der Waals surface area (Å²) in [7, 11) is -3.76. The van der Waals surface area contributed by atoms with Gasteiger partial charge in [-0.2, -0.15) is 4.31 Å². The number of aromatic nitrogens is 1. The zero-order valence-electron chi connectivity index (χ0n) is 12.2. The van der Waals surface area contributed by atoms with E-state index in [2.05, 4.69) is 10.3 Å². The van der Waals surface area contributed by atoms with Gasteiger partial charge in [0.2, 0.25) is 15.9 Å². The maximum Gasteiger partial charge on any atom is 0.244 e. The smallest absolute Gasteiger partial charge is 0.244 e. The molecule has 1 atom stereocenters. The van der Waals surface area contributed by atoms with Crippen molar-refractivity contribution in [3.8, 4) is 0 Å². The second kappa shape index (κ2) is 5.66. The van der Waals surface area contributed by atoms with Crippen LogP contribution in [0.3, 0.4) is 0 Å². The van der Waals surface area contributed by atoms with E-state index in [4.69, 9.17) is 0 Å². The van der Waals surface area contributed by atoms with Crippen molar-refractivity contribution in [1.82, 2.24) is 14.6 Å². The van der Waals surface area contributed by atoms with Crippen molar-refractivity contribution in [3.05, 3.63) is 36.5 Å². The minimum atomic E-state index is -3.76. The molecule has 116 valence electrons. The Hall–Kier alpha value is -1.99. The van der Waals surface area contributed by atoms with Crippen molar-refractivity contribution in [2.24, 2.45) is 0 Å². The van der Waals surface area contributed by atoms with Crippen molar-refractivity contribution in [2.75, 3.05) is 13.1 Å². The Bertz CT molecular complexity index is 814. The van der Waals surface area contributed by atoms with Gasteiger partial charge in [-0.25, -0.2) is 8.42 Å².